The topological polar surface area (TPSA) is 97.1 Å². The van der Waals surface area contributed by atoms with Gasteiger partial charge in [-0.2, -0.15) is 111 Å². The Morgan fingerprint density at radius 1 is 0.261 bits per heavy atom. The molecule has 25 rings (SSSR count). The molecule has 22 aromatic rings. The van der Waals surface area contributed by atoms with Gasteiger partial charge in [0, 0.05) is 83.9 Å². The third kappa shape index (κ3) is 18.3. The second-order valence-electron chi connectivity index (χ2n) is 37.1. The standard InChI is InChI=1S/C35H30N2.2C28H24N3.3C10H10N2.3Ir/c1-21(2)23-18-11-19-24(22(3)4)32(23)31-20-37-34-29-16-9-6-13-26(29)25-12-5-7-14-27(25)33(34)28-15-8-10-17-30(28)35(37)36-31;2*1-16(2)20-8-6-9-21(17(3)4)26(20)23-15-31-27(30-23)22-10-5-7-18-11-12-19-13-14-29-28(31)25(19)24(18)22;3*1-11-7-8-12(9-11)10-5-3-2-4-6-10;;;/h5-22H,1-4H3;2*5-9,11-17H,1-4H3;3*2-5,7-9H,1H3;;;/q;2*-1;3*-2;;2*+3. The van der Waals surface area contributed by atoms with Gasteiger partial charge in [0.15, 0.2) is 0 Å². The molecule has 3 aliphatic rings. The van der Waals surface area contributed by atoms with Crippen molar-refractivity contribution in [1.82, 2.24) is 52.8 Å². The van der Waals surface area contributed by atoms with Crippen LogP contribution in [0.15, 0.2) is 329 Å². The molecule has 0 fully saturated rings. The summed E-state index contributed by atoms with van der Waals surface area (Å²) in [4.78, 5) is 37.5. The Balaban J connectivity index is 0.000000120. The van der Waals surface area contributed by atoms with Crippen LogP contribution in [0.1, 0.15) is 152 Å². The summed E-state index contributed by atoms with van der Waals surface area (Å²) in [5, 5.41) is 20.6. The van der Waals surface area contributed by atoms with Crippen LogP contribution in [0.2, 0.25) is 0 Å². The van der Waals surface area contributed by atoms with Gasteiger partial charge in [0.2, 0.25) is 0 Å². The molecule has 0 saturated heterocycles. The Bertz CT molecular complexity index is 7570. The molecule has 8 aromatic heterocycles. The molecule has 3 aliphatic heterocycles. The number of para-hydroxylation sites is 3. The molecule has 691 valence electrons. The molecule has 0 spiro atoms. The van der Waals surface area contributed by atoms with Crippen LogP contribution in [0.4, 0.5) is 17.1 Å². The van der Waals surface area contributed by atoms with Gasteiger partial charge in [-0.1, -0.05) is 256 Å². The van der Waals surface area contributed by atoms with Crippen molar-refractivity contribution in [1.29, 1.82) is 0 Å². The molecule has 0 saturated carbocycles. The number of benzene rings is 14. The van der Waals surface area contributed by atoms with E-state index in [1.54, 1.807) is 0 Å². The second kappa shape index (κ2) is 41.1. The van der Waals surface area contributed by atoms with Crippen molar-refractivity contribution in [2.75, 3.05) is 35.8 Å². The molecule has 1 radical (unpaired) electrons. The van der Waals surface area contributed by atoms with E-state index >= 15 is 0 Å². The first-order valence-corrected chi connectivity index (χ1v) is 46.9. The van der Waals surface area contributed by atoms with Crippen LogP contribution < -0.4 is 14.7 Å². The van der Waals surface area contributed by atoms with Crippen molar-refractivity contribution in [2.45, 2.75) is 119 Å². The molecule has 17 heteroatoms. The molecular formula is C121H108Ir3N14-2. The summed E-state index contributed by atoms with van der Waals surface area (Å²) < 4.78 is 6.69. The zero-order chi connectivity index (χ0) is 93.0. The minimum absolute atomic E-state index is 0. The zero-order valence-corrected chi connectivity index (χ0v) is 87.3. The van der Waals surface area contributed by atoms with Crippen molar-refractivity contribution in [2.24, 2.45) is 0 Å². The average Bonchev–Trinajstić information content (AvgIpc) is 1.21. The average molecular weight is 2330 g/mol. The Morgan fingerprint density at radius 3 is 0.899 bits per heavy atom. The van der Waals surface area contributed by atoms with Crippen molar-refractivity contribution in [3.8, 4) is 33.8 Å². The predicted octanol–water partition coefficient (Wildman–Crippen LogP) is 30.0. The van der Waals surface area contributed by atoms with Crippen molar-refractivity contribution >= 4 is 142 Å². The van der Waals surface area contributed by atoms with E-state index < -0.39 is 0 Å². The van der Waals surface area contributed by atoms with Crippen LogP contribution in [0.3, 0.4) is 0 Å². The Hall–Kier alpha value is -13.5. The Labute approximate surface area is 849 Å². The maximum Gasteiger partial charge on any atom is 3.00 e. The maximum atomic E-state index is 5.40. The number of pyridine rings is 5. The minimum atomic E-state index is 0. The number of nitrogens with zero attached hydrogens (tertiary/aromatic N) is 14. The molecule has 0 bridgehead atoms. The zero-order valence-electron chi connectivity index (χ0n) is 80.1. The van der Waals surface area contributed by atoms with E-state index in [0.29, 0.717) is 35.5 Å². The summed E-state index contributed by atoms with van der Waals surface area (Å²) in [6.45, 7) is 33.2. The molecule has 14 aromatic carbocycles. The van der Waals surface area contributed by atoms with Crippen LogP contribution in [0.5, 0.6) is 0 Å². The monoisotopic (exact) mass is 2340 g/mol. The van der Waals surface area contributed by atoms with E-state index in [-0.39, 0.29) is 60.3 Å². The van der Waals surface area contributed by atoms with E-state index in [4.69, 9.17) is 24.9 Å². The fourth-order valence-corrected chi connectivity index (χ4v) is 19.7. The van der Waals surface area contributed by atoms with Gasteiger partial charge >= 0.3 is 40.2 Å². The van der Waals surface area contributed by atoms with Gasteiger partial charge in [-0.25, -0.2) is 15.0 Å². The van der Waals surface area contributed by atoms with Crippen molar-refractivity contribution in [3.63, 3.8) is 0 Å². The molecule has 0 N–H and O–H groups in total. The SMILES string of the molecule is CC(C)c1cccc(C(C)C)c1-c1cn2c(n1)c1[c-]ccc3ccc4ccnc2c4c31.CC(C)c1cccc(C(C)C)c1-c1cn2c(n1)c1[c-]ccc3ccc4ccnc2c4c31.CC(C)c1cccc(C(C)C)c1-c1cn2c(n1)c1ccccc1c1c3ccccc3c3ccccc3c12.CN1C=CN(c2[c-]cccc2)[CH-]1.CN1C=CN(c2[c-]cccc2)[CH-]1.CN1C=CN(c2[c-]cccc2)[CH-]1.[Ir+3].[Ir+3].[Ir]. The number of rotatable bonds is 12. The minimum Gasteiger partial charge on any atom is -0.510 e. The molecule has 0 unspecified atom stereocenters. The molecule has 0 amide bonds. The van der Waals surface area contributed by atoms with Gasteiger partial charge in [0.25, 0.3) is 0 Å². The molecule has 0 aliphatic carbocycles. The number of fused-ring (bicyclic) bond motifs is 17. The van der Waals surface area contributed by atoms with E-state index in [2.05, 4.69) is 321 Å². The van der Waals surface area contributed by atoms with E-state index in [0.717, 1.165) is 73.2 Å². The number of aromatic nitrogens is 8. The largest absolute Gasteiger partial charge is 3.00 e. The molecular weight excluding hydrogens is 2230 g/mol. The van der Waals surface area contributed by atoms with Gasteiger partial charge in [-0.15, -0.1) is 64.2 Å². The van der Waals surface area contributed by atoms with Crippen LogP contribution in [-0.2, 0) is 60.3 Å². The Kier molecular flexibility index (Phi) is 28.6. The summed E-state index contributed by atoms with van der Waals surface area (Å²) in [7, 11) is 6.00. The van der Waals surface area contributed by atoms with E-state index in [1.165, 1.54) is 136 Å². The number of anilines is 3. The summed E-state index contributed by atoms with van der Waals surface area (Å²) in [6.07, 6.45) is 22.4. The van der Waals surface area contributed by atoms with E-state index in [9.17, 15) is 0 Å². The molecule has 138 heavy (non-hydrogen) atoms. The maximum absolute atomic E-state index is 5.40. The van der Waals surface area contributed by atoms with Gasteiger partial charge in [-0.3, -0.25) is 14.4 Å². The summed E-state index contributed by atoms with van der Waals surface area (Å²) in [5.74, 6) is 2.50. The fourth-order valence-electron chi connectivity index (χ4n) is 19.7. The number of imidazole rings is 3. The summed E-state index contributed by atoms with van der Waals surface area (Å²) >= 11 is 0. The fraction of sp³-hybridized carbons (Fsp3) is 0.174. The predicted molar refractivity (Wildman–Crippen MR) is 564 cm³/mol. The first-order chi connectivity index (χ1) is 65.7. The number of hydrogen-bond donors (Lipinski definition) is 0. The van der Waals surface area contributed by atoms with Crippen LogP contribution in [0.25, 0.3) is 159 Å². The third-order valence-corrected chi connectivity index (χ3v) is 26.1. The third-order valence-electron chi connectivity index (χ3n) is 26.1. The molecule has 11 heterocycles. The van der Waals surface area contributed by atoms with Crippen molar-refractivity contribution < 1.29 is 60.3 Å². The molecule has 14 nitrogen and oxygen atoms in total. The van der Waals surface area contributed by atoms with Gasteiger partial charge in [0.05, 0.1) is 33.9 Å². The second-order valence-corrected chi connectivity index (χ2v) is 37.1. The van der Waals surface area contributed by atoms with E-state index in [1.807, 2.05) is 205 Å². The Morgan fingerprint density at radius 2 is 0.565 bits per heavy atom. The number of hydrogen-bond acceptors (Lipinski definition) is 11. The van der Waals surface area contributed by atoms with Gasteiger partial charge in [-0.05, 0) is 182 Å². The van der Waals surface area contributed by atoms with Crippen LogP contribution >= 0.6 is 0 Å². The first kappa shape index (κ1) is 96.2. The van der Waals surface area contributed by atoms with Gasteiger partial charge in [0.1, 0.15) is 16.9 Å². The van der Waals surface area contributed by atoms with Gasteiger partial charge < -0.3 is 38.2 Å². The normalized spacial score (nSPS) is 13.0. The van der Waals surface area contributed by atoms with Crippen molar-refractivity contribution in [3.05, 3.63) is 413 Å². The molecule has 0 atom stereocenters. The van der Waals surface area contributed by atoms with Crippen LogP contribution in [0, 0.1) is 50.3 Å². The van der Waals surface area contributed by atoms with Crippen LogP contribution in [-0.4, -0.2) is 74.0 Å². The quantitative estimate of drug-likeness (QED) is 0.0864. The smallest absolute Gasteiger partial charge is 0.510 e. The first-order valence-electron chi connectivity index (χ1n) is 46.9. The summed E-state index contributed by atoms with van der Waals surface area (Å²) in [6, 6.07) is 108. The summed E-state index contributed by atoms with van der Waals surface area (Å²) in [5.41, 5.74) is 24.2.